The van der Waals surface area contributed by atoms with Crippen molar-refractivity contribution in [2.45, 2.75) is 56.7 Å². The molecule has 2 heterocycles. The number of carbonyl (C=O) groups is 1. The summed E-state index contributed by atoms with van der Waals surface area (Å²) >= 11 is 0. The minimum absolute atomic E-state index is 0.00839. The maximum absolute atomic E-state index is 13.4. The summed E-state index contributed by atoms with van der Waals surface area (Å²) in [5.41, 5.74) is -3.18. The summed E-state index contributed by atoms with van der Waals surface area (Å²) in [5.74, 6) is -4.36. The molecule has 4 bridgehead atoms. The van der Waals surface area contributed by atoms with E-state index in [9.17, 15) is 30.3 Å². The van der Waals surface area contributed by atoms with Gasteiger partial charge in [0.15, 0.2) is 5.78 Å². The first-order valence-corrected chi connectivity index (χ1v) is 9.88. The first kappa shape index (κ1) is 18.2. The van der Waals surface area contributed by atoms with Crippen molar-refractivity contribution in [2.75, 3.05) is 13.2 Å². The van der Waals surface area contributed by atoms with Crippen molar-refractivity contribution in [2.24, 2.45) is 34.0 Å². The Morgan fingerprint density at radius 2 is 1.89 bits per heavy atom. The number of hydrogen-bond donors (Lipinski definition) is 5. The molecule has 2 aliphatic heterocycles. The number of ether oxygens (including phenoxy) is 1. The van der Waals surface area contributed by atoms with E-state index < -0.39 is 63.9 Å². The lowest BCUT2D eigenvalue weighted by molar-refractivity contribution is -0.459. The number of Topliss-reactive ketones (excluding diaryl/α,β-unsaturated/α-hetero) is 1. The maximum atomic E-state index is 13.4. The molecule has 2 spiro atoms. The Bertz CT molecular complexity index is 738. The highest BCUT2D eigenvalue weighted by molar-refractivity contribution is 6.05. The van der Waals surface area contributed by atoms with E-state index in [1.165, 1.54) is 0 Å². The van der Waals surface area contributed by atoms with Gasteiger partial charge in [-0.1, -0.05) is 13.5 Å². The van der Waals surface area contributed by atoms with Gasteiger partial charge in [0.2, 0.25) is 5.79 Å². The van der Waals surface area contributed by atoms with E-state index in [0.29, 0.717) is 25.7 Å². The van der Waals surface area contributed by atoms with Gasteiger partial charge in [0.1, 0.15) is 11.5 Å². The van der Waals surface area contributed by atoms with Crippen LogP contribution in [0, 0.1) is 34.0 Å². The summed E-state index contributed by atoms with van der Waals surface area (Å²) in [5, 5.41) is 55.3. The lowest BCUT2D eigenvalue weighted by Crippen LogP contribution is -2.86. The first-order chi connectivity index (χ1) is 12.6. The molecule has 6 rings (SSSR count). The van der Waals surface area contributed by atoms with E-state index in [-0.39, 0.29) is 18.8 Å². The van der Waals surface area contributed by atoms with Crippen LogP contribution < -0.4 is 0 Å². The fraction of sp³-hybridized carbons (Fsp3) is 0.850. The first-order valence-electron chi connectivity index (χ1n) is 9.88. The second kappa shape index (κ2) is 5.01. The second-order valence-electron chi connectivity index (χ2n) is 9.79. The third kappa shape index (κ3) is 1.56. The fourth-order valence-electron chi connectivity index (χ4n) is 7.91. The molecule has 0 unspecified atom stereocenters. The average Bonchev–Trinajstić information content (AvgIpc) is 2.76. The molecule has 0 amide bonds. The summed E-state index contributed by atoms with van der Waals surface area (Å²) in [4.78, 5) is 13.4. The van der Waals surface area contributed by atoms with Gasteiger partial charge in [-0.3, -0.25) is 4.79 Å². The van der Waals surface area contributed by atoms with Gasteiger partial charge >= 0.3 is 0 Å². The molecule has 0 radical (unpaired) electrons. The minimum Gasteiger partial charge on any atom is -0.396 e. The molecule has 27 heavy (non-hydrogen) atoms. The molecule has 0 aromatic heterocycles. The lowest BCUT2D eigenvalue weighted by Gasteiger charge is -2.74. The minimum atomic E-state index is -2.26. The van der Waals surface area contributed by atoms with E-state index in [0.717, 1.165) is 0 Å². The van der Waals surface area contributed by atoms with Crippen molar-refractivity contribution < 1.29 is 35.1 Å². The van der Waals surface area contributed by atoms with Gasteiger partial charge in [-0.05, 0) is 42.6 Å². The van der Waals surface area contributed by atoms with E-state index in [4.69, 9.17) is 4.74 Å². The van der Waals surface area contributed by atoms with Crippen molar-refractivity contribution in [3.8, 4) is 0 Å². The van der Waals surface area contributed by atoms with Crippen LogP contribution >= 0.6 is 0 Å². The highest BCUT2D eigenvalue weighted by Gasteiger charge is 2.87. The summed E-state index contributed by atoms with van der Waals surface area (Å²) in [6.07, 6.45) is -1.59. The Morgan fingerprint density at radius 3 is 2.56 bits per heavy atom. The predicted molar refractivity (Wildman–Crippen MR) is 92.1 cm³/mol. The third-order valence-corrected chi connectivity index (χ3v) is 9.08. The van der Waals surface area contributed by atoms with Crippen molar-refractivity contribution in [1.82, 2.24) is 0 Å². The molecule has 0 aromatic rings. The van der Waals surface area contributed by atoms with E-state index >= 15 is 0 Å². The Kier molecular flexibility index (Phi) is 3.38. The zero-order chi connectivity index (χ0) is 19.6. The summed E-state index contributed by atoms with van der Waals surface area (Å²) in [6, 6.07) is 0. The second-order valence-corrected chi connectivity index (χ2v) is 9.79. The van der Waals surface area contributed by atoms with Crippen LogP contribution in [-0.2, 0) is 9.53 Å². The lowest BCUT2D eigenvalue weighted by atomic mass is 9.35. The van der Waals surface area contributed by atoms with Gasteiger partial charge in [-0.25, -0.2) is 0 Å². The van der Waals surface area contributed by atoms with Crippen LogP contribution in [0.5, 0.6) is 0 Å². The van der Waals surface area contributed by atoms with Gasteiger partial charge in [0.25, 0.3) is 0 Å². The van der Waals surface area contributed by atoms with Gasteiger partial charge in [-0.2, -0.15) is 0 Å². The summed E-state index contributed by atoms with van der Waals surface area (Å²) < 4.78 is 5.77. The van der Waals surface area contributed by atoms with E-state index in [1.54, 1.807) is 0 Å². The molecule has 2 saturated heterocycles. The highest BCUT2D eigenvalue weighted by atomic mass is 16.6. The van der Waals surface area contributed by atoms with Gasteiger partial charge in [-0.15, -0.1) is 0 Å². The van der Waals surface area contributed by atoms with E-state index in [1.807, 2.05) is 6.92 Å². The molecule has 150 valence electrons. The fourth-order valence-corrected chi connectivity index (χ4v) is 7.91. The zero-order valence-electron chi connectivity index (χ0n) is 15.5. The van der Waals surface area contributed by atoms with Crippen LogP contribution in [0.3, 0.4) is 0 Å². The largest absolute Gasteiger partial charge is 0.396 e. The number of fused-ring (bicyclic) bond motifs is 2. The Hall–Kier alpha value is -0.830. The molecule has 7 heteroatoms. The van der Waals surface area contributed by atoms with Crippen LogP contribution in [0.2, 0.25) is 0 Å². The third-order valence-electron chi connectivity index (χ3n) is 9.08. The quantitative estimate of drug-likeness (QED) is 0.383. The molecule has 5 N–H and O–H groups in total. The number of aliphatic hydroxyl groups excluding tert-OH is 4. The van der Waals surface area contributed by atoms with Crippen LogP contribution in [0.25, 0.3) is 0 Å². The molecule has 6 aliphatic rings. The van der Waals surface area contributed by atoms with Crippen LogP contribution in [0.1, 0.15) is 32.6 Å². The highest BCUT2D eigenvalue weighted by Crippen LogP contribution is 2.76. The van der Waals surface area contributed by atoms with Gasteiger partial charge in [0.05, 0.1) is 18.8 Å². The number of aliphatic hydroxyl groups is 5. The summed E-state index contributed by atoms with van der Waals surface area (Å²) in [7, 11) is 0. The number of ketones is 1. The number of hydrogen-bond acceptors (Lipinski definition) is 7. The molecular formula is C20H28O7. The zero-order valence-corrected chi connectivity index (χ0v) is 15.5. The van der Waals surface area contributed by atoms with Crippen molar-refractivity contribution in [1.29, 1.82) is 0 Å². The molecule has 4 saturated carbocycles. The van der Waals surface area contributed by atoms with Crippen LogP contribution in [0.4, 0.5) is 0 Å². The van der Waals surface area contributed by atoms with Crippen molar-refractivity contribution >= 4 is 5.78 Å². The SMILES string of the molecule is C=C1C(=O)[C@]23[C@H](O)[C@H]1CC[C@H]2[C@@]12CO[C@]3(O)[C@@H](O)[C@@H]1[C@@](C)(CO)CC[C@@H]2O. The van der Waals surface area contributed by atoms with Crippen molar-refractivity contribution in [3.05, 3.63) is 12.2 Å². The smallest absolute Gasteiger partial charge is 0.208 e. The van der Waals surface area contributed by atoms with Crippen LogP contribution in [-0.4, -0.2) is 68.6 Å². The molecule has 0 aromatic carbocycles. The maximum Gasteiger partial charge on any atom is 0.208 e. The molecule has 10 atom stereocenters. The normalized spacial score (nSPS) is 61.7. The Balaban J connectivity index is 1.80. The van der Waals surface area contributed by atoms with E-state index in [2.05, 4.69) is 6.58 Å². The molecule has 4 aliphatic carbocycles. The molecule has 7 nitrogen and oxygen atoms in total. The topological polar surface area (TPSA) is 127 Å². The van der Waals surface area contributed by atoms with Gasteiger partial charge < -0.3 is 30.3 Å². The average molecular weight is 380 g/mol. The van der Waals surface area contributed by atoms with Crippen LogP contribution in [0.15, 0.2) is 12.2 Å². The Morgan fingerprint density at radius 1 is 1.19 bits per heavy atom. The number of carbonyl (C=O) groups excluding carboxylic acids is 1. The number of rotatable bonds is 1. The van der Waals surface area contributed by atoms with Gasteiger partial charge in [0, 0.05) is 23.9 Å². The predicted octanol–water partition coefficient (Wildman–Crippen LogP) is -0.652. The summed E-state index contributed by atoms with van der Waals surface area (Å²) in [6.45, 7) is 5.50. The monoisotopic (exact) mass is 380 g/mol. The van der Waals surface area contributed by atoms with Crippen molar-refractivity contribution in [3.63, 3.8) is 0 Å². The molecular weight excluding hydrogens is 352 g/mol. The Labute approximate surface area is 157 Å². The molecule has 6 fully saturated rings. The standard InChI is InChI=1S/C20H28O7/c1-9-10-3-4-11-18-8-27-20(26,19(11,14(9)23)15(10)24)16(25)13(18)17(2,7-21)6-5-12(18)22/h10-13,15-16,21-22,24-26H,1,3-8H2,2H3/t10-,11-,12-,13+,15+,16-,17+,18+,19-,20+/m0/s1.